The number of aromatic nitrogens is 2. The van der Waals surface area contributed by atoms with E-state index in [1.54, 1.807) is 19.6 Å². The molecule has 1 aromatic heterocycles. The monoisotopic (exact) mass is 459 g/mol. The van der Waals surface area contributed by atoms with E-state index in [1.807, 2.05) is 42.8 Å². The summed E-state index contributed by atoms with van der Waals surface area (Å²) in [6.45, 7) is 6.78. The van der Waals surface area contributed by atoms with Gasteiger partial charge in [0, 0.05) is 37.2 Å². The zero-order valence-corrected chi connectivity index (χ0v) is 17.2. The molecule has 0 aliphatic rings. The first-order chi connectivity index (χ1) is 11.8. The summed E-state index contributed by atoms with van der Waals surface area (Å²) in [6.07, 6.45) is 5.47. The molecule has 0 spiro atoms. The molecule has 8 heteroatoms. The highest BCUT2D eigenvalue weighted by Gasteiger charge is 2.06. The Morgan fingerprint density at radius 3 is 2.76 bits per heavy atom. The third kappa shape index (κ3) is 6.81. The minimum absolute atomic E-state index is 0. The number of imidazole rings is 1. The van der Waals surface area contributed by atoms with Crippen LogP contribution in [0, 0.1) is 0 Å². The number of methoxy groups -OCH3 is 1. The van der Waals surface area contributed by atoms with Gasteiger partial charge < -0.3 is 24.7 Å². The van der Waals surface area contributed by atoms with Crippen molar-refractivity contribution in [1.29, 1.82) is 0 Å². The first-order valence-electron chi connectivity index (χ1n) is 8.08. The number of nitrogens with zero attached hydrogens (tertiary/aromatic N) is 3. The van der Waals surface area contributed by atoms with Crippen molar-refractivity contribution in [3.63, 3.8) is 0 Å². The van der Waals surface area contributed by atoms with Gasteiger partial charge in [0.15, 0.2) is 17.5 Å². The summed E-state index contributed by atoms with van der Waals surface area (Å²) in [6, 6.07) is 5.72. The number of rotatable bonds is 8. The highest BCUT2D eigenvalue weighted by molar-refractivity contribution is 14.0. The Labute approximate surface area is 165 Å². The lowest BCUT2D eigenvalue weighted by Gasteiger charge is -2.14. The fourth-order valence-electron chi connectivity index (χ4n) is 2.16. The zero-order chi connectivity index (χ0) is 17.2. The number of benzene rings is 1. The van der Waals surface area contributed by atoms with Crippen LogP contribution in [0.5, 0.6) is 11.5 Å². The van der Waals surface area contributed by atoms with Gasteiger partial charge in [0.2, 0.25) is 0 Å². The second-order valence-corrected chi connectivity index (χ2v) is 4.98. The Balaban J connectivity index is 0.00000312. The largest absolute Gasteiger partial charge is 0.493 e. The number of aliphatic imine (C=N–C) groups is 1. The van der Waals surface area contributed by atoms with E-state index in [9.17, 15) is 0 Å². The van der Waals surface area contributed by atoms with E-state index in [2.05, 4.69) is 20.6 Å². The molecule has 2 N–H and O–H groups in total. The summed E-state index contributed by atoms with van der Waals surface area (Å²) in [5.41, 5.74) is 0.890. The summed E-state index contributed by atoms with van der Waals surface area (Å²) in [5.74, 6) is 2.15. The third-order valence-electron chi connectivity index (χ3n) is 3.26. The summed E-state index contributed by atoms with van der Waals surface area (Å²) >= 11 is 0. The van der Waals surface area contributed by atoms with Gasteiger partial charge in [-0.05, 0) is 26.0 Å². The van der Waals surface area contributed by atoms with E-state index in [-0.39, 0.29) is 24.0 Å². The summed E-state index contributed by atoms with van der Waals surface area (Å²) < 4.78 is 12.9. The average Bonchev–Trinajstić information content (AvgIpc) is 3.09. The van der Waals surface area contributed by atoms with E-state index < -0.39 is 0 Å². The zero-order valence-electron chi connectivity index (χ0n) is 14.9. The van der Waals surface area contributed by atoms with Crippen molar-refractivity contribution in [2.45, 2.75) is 20.4 Å². The molecule has 0 radical (unpaired) electrons. The van der Waals surface area contributed by atoms with Crippen LogP contribution in [-0.2, 0) is 6.54 Å². The van der Waals surface area contributed by atoms with Gasteiger partial charge in [-0.25, -0.2) is 4.98 Å². The van der Waals surface area contributed by atoms with E-state index in [0.29, 0.717) is 24.7 Å². The second-order valence-electron chi connectivity index (χ2n) is 4.98. The van der Waals surface area contributed by atoms with Crippen LogP contribution in [0.4, 0.5) is 5.69 Å². The Morgan fingerprint density at radius 1 is 1.28 bits per heavy atom. The van der Waals surface area contributed by atoms with Gasteiger partial charge in [-0.2, -0.15) is 0 Å². The van der Waals surface area contributed by atoms with E-state index in [0.717, 1.165) is 24.7 Å². The van der Waals surface area contributed by atoms with Crippen LogP contribution in [0.2, 0.25) is 0 Å². The van der Waals surface area contributed by atoms with E-state index in [1.165, 1.54) is 0 Å². The van der Waals surface area contributed by atoms with Gasteiger partial charge >= 0.3 is 0 Å². The number of halogens is 1. The average molecular weight is 459 g/mol. The van der Waals surface area contributed by atoms with Gasteiger partial charge in [0.05, 0.1) is 26.6 Å². The van der Waals surface area contributed by atoms with Crippen LogP contribution in [-0.4, -0.2) is 42.3 Å². The van der Waals surface area contributed by atoms with Crippen molar-refractivity contribution >= 4 is 35.6 Å². The fraction of sp³-hybridized carbons (Fsp3) is 0.412. The highest BCUT2D eigenvalue weighted by Crippen LogP contribution is 2.30. The topological polar surface area (TPSA) is 72.7 Å². The summed E-state index contributed by atoms with van der Waals surface area (Å²) in [7, 11) is 1.63. The first kappa shape index (κ1) is 21.1. The molecular weight excluding hydrogens is 433 g/mol. The molecule has 2 aromatic rings. The Morgan fingerprint density at radius 2 is 2.12 bits per heavy atom. The minimum atomic E-state index is 0. The molecule has 0 aliphatic carbocycles. The lowest BCUT2D eigenvalue weighted by Crippen LogP contribution is -2.31. The SMILES string of the molecule is CCNC(=NCCn1ccnc1)Nc1ccc(OC)c(OCC)c1.I. The molecular formula is C17H26IN5O2. The molecule has 0 fully saturated rings. The van der Waals surface area contributed by atoms with Crippen molar-refractivity contribution in [2.24, 2.45) is 4.99 Å². The molecule has 25 heavy (non-hydrogen) atoms. The van der Waals surface area contributed by atoms with Crippen LogP contribution in [0.15, 0.2) is 41.9 Å². The molecule has 138 valence electrons. The first-order valence-corrected chi connectivity index (χ1v) is 8.08. The Hall–Kier alpha value is -1.97. The van der Waals surface area contributed by atoms with Gasteiger partial charge in [0.25, 0.3) is 0 Å². The van der Waals surface area contributed by atoms with Crippen molar-refractivity contribution in [3.8, 4) is 11.5 Å². The van der Waals surface area contributed by atoms with Crippen LogP contribution in [0.3, 0.4) is 0 Å². The van der Waals surface area contributed by atoms with Gasteiger partial charge in [0.1, 0.15) is 0 Å². The van der Waals surface area contributed by atoms with Crippen LogP contribution >= 0.6 is 24.0 Å². The summed E-state index contributed by atoms with van der Waals surface area (Å²) in [5, 5.41) is 6.52. The highest BCUT2D eigenvalue weighted by atomic mass is 127. The quantitative estimate of drug-likeness (QED) is 0.361. The van der Waals surface area contributed by atoms with Crippen LogP contribution < -0.4 is 20.1 Å². The van der Waals surface area contributed by atoms with Crippen LogP contribution in [0.25, 0.3) is 0 Å². The van der Waals surface area contributed by atoms with Crippen molar-refractivity contribution in [2.75, 3.05) is 32.1 Å². The molecule has 0 saturated heterocycles. The summed E-state index contributed by atoms with van der Waals surface area (Å²) in [4.78, 5) is 8.60. The normalized spacial score (nSPS) is 10.8. The maximum atomic E-state index is 5.60. The molecule has 0 bridgehead atoms. The number of hydrogen-bond donors (Lipinski definition) is 2. The fourth-order valence-corrected chi connectivity index (χ4v) is 2.16. The lowest BCUT2D eigenvalue weighted by atomic mass is 10.2. The van der Waals surface area contributed by atoms with Crippen molar-refractivity contribution in [3.05, 3.63) is 36.9 Å². The van der Waals surface area contributed by atoms with Gasteiger partial charge in [-0.1, -0.05) is 0 Å². The molecule has 0 saturated carbocycles. The standard InChI is InChI=1S/C17H25N5O2.HI/c1-4-19-17(20-9-11-22-10-8-18-13-22)21-14-6-7-15(23-3)16(12-14)24-5-2;/h6-8,10,12-13H,4-5,9,11H2,1-3H3,(H2,19,20,21);1H. The number of guanidine groups is 1. The maximum absolute atomic E-state index is 5.60. The lowest BCUT2D eigenvalue weighted by molar-refractivity contribution is 0.311. The van der Waals surface area contributed by atoms with Gasteiger partial charge in [-0.3, -0.25) is 4.99 Å². The van der Waals surface area contributed by atoms with E-state index in [4.69, 9.17) is 9.47 Å². The Bertz CT molecular complexity index is 646. The molecule has 7 nitrogen and oxygen atoms in total. The molecule has 0 amide bonds. The second kappa shape index (κ2) is 11.6. The number of anilines is 1. The minimum Gasteiger partial charge on any atom is -0.493 e. The predicted octanol–water partition coefficient (Wildman–Crippen LogP) is 2.99. The number of hydrogen-bond acceptors (Lipinski definition) is 4. The molecule has 1 heterocycles. The predicted molar refractivity (Wildman–Crippen MR) is 111 cm³/mol. The smallest absolute Gasteiger partial charge is 0.195 e. The molecule has 2 rings (SSSR count). The van der Waals surface area contributed by atoms with E-state index >= 15 is 0 Å². The third-order valence-corrected chi connectivity index (χ3v) is 3.26. The maximum Gasteiger partial charge on any atom is 0.195 e. The molecule has 1 aromatic carbocycles. The van der Waals surface area contributed by atoms with Crippen molar-refractivity contribution in [1.82, 2.24) is 14.9 Å². The molecule has 0 aliphatic heterocycles. The number of ether oxygens (including phenoxy) is 2. The molecule has 0 atom stereocenters. The Kier molecular flexibility index (Phi) is 9.75. The van der Waals surface area contributed by atoms with Crippen LogP contribution in [0.1, 0.15) is 13.8 Å². The van der Waals surface area contributed by atoms with Gasteiger partial charge in [-0.15, -0.1) is 24.0 Å². The van der Waals surface area contributed by atoms with Crippen molar-refractivity contribution < 1.29 is 9.47 Å². The molecule has 0 unspecified atom stereocenters. The number of nitrogens with one attached hydrogen (secondary N) is 2.